The van der Waals surface area contributed by atoms with E-state index in [4.69, 9.17) is 5.26 Å². The van der Waals surface area contributed by atoms with E-state index in [1.165, 1.54) is 0 Å². The summed E-state index contributed by atoms with van der Waals surface area (Å²) in [7, 11) is 2.02. The Balaban J connectivity index is 2.78. The molecule has 0 aliphatic heterocycles. The van der Waals surface area contributed by atoms with Crippen molar-refractivity contribution in [2.24, 2.45) is 0 Å². The SMILES string of the molecule is C=CCCCN(C)c1ccc(C)cc1C#N. The van der Waals surface area contributed by atoms with Crippen molar-refractivity contribution in [3.05, 3.63) is 42.0 Å². The third-order valence-corrected chi connectivity index (χ3v) is 2.59. The average molecular weight is 214 g/mol. The van der Waals surface area contributed by atoms with E-state index in [1.807, 2.05) is 38.2 Å². The second-order valence-electron chi connectivity index (χ2n) is 3.98. The van der Waals surface area contributed by atoms with Crippen molar-refractivity contribution in [1.29, 1.82) is 5.26 Å². The largest absolute Gasteiger partial charge is 0.374 e. The summed E-state index contributed by atoms with van der Waals surface area (Å²) in [5.41, 5.74) is 2.89. The highest BCUT2D eigenvalue weighted by Gasteiger charge is 2.06. The Morgan fingerprint density at radius 3 is 2.88 bits per heavy atom. The summed E-state index contributed by atoms with van der Waals surface area (Å²) in [5, 5.41) is 9.07. The minimum absolute atomic E-state index is 0.751. The number of nitriles is 1. The highest BCUT2D eigenvalue weighted by atomic mass is 15.1. The molecule has 0 aliphatic rings. The Kier molecular flexibility index (Phi) is 4.60. The number of anilines is 1. The predicted octanol–water partition coefficient (Wildman–Crippen LogP) is 3.27. The lowest BCUT2D eigenvalue weighted by molar-refractivity contribution is 0.801. The molecule has 0 amide bonds. The van der Waals surface area contributed by atoms with Crippen molar-refractivity contribution in [1.82, 2.24) is 0 Å². The fourth-order valence-electron chi connectivity index (χ4n) is 1.67. The van der Waals surface area contributed by atoms with E-state index in [0.29, 0.717) is 0 Å². The summed E-state index contributed by atoms with van der Waals surface area (Å²) in [5.74, 6) is 0. The van der Waals surface area contributed by atoms with Crippen LogP contribution in [0.15, 0.2) is 30.9 Å². The van der Waals surface area contributed by atoms with E-state index in [1.54, 1.807) is 0 Å². The zero-order chi connectivity index (χ0) is 12.0. The lowest BCUT2D eigenvalue weighted by Crippen LogP contribution is -2.19. The van der Waals surface area contributed by atoms with E-state index in [2.05, 4.69) is 17.5 Å². The summed E-state index contributed by atoms with van der Waals surface area (Å²) < 4.78 is 0. The summed E-state index contributed by atoms with van der Waals surface area (Å²) >= 11 is 0. The molecule has 0 saturated carbocycles. The van der Waals surface area contributed by atoms with Gasteiger partial charge in [-0.2, -0.15) is 5.26 Å². The number of allylic oxidation sites excluding steroid dienone is 1. The molecule has 0 aliphatic carbocycles. The molecule has 0 saturated heterocycles. The summed E-state index contributed by atoms with van der Waals surface area (Å²) in [4.78, 5) is 2.13. The van der Waals surface area contributed by atoms with E-state index < -0.39 is 0 Å². The molecule has 2 heteroatoms. The molecule has 0 heterocycles. The van der Waals surface area contributed by atoms with Crippen LogP contribution in [0.4, 0.5) is 5.69 Å². The van der Waals surface area contributed by atoms with Gasteiger partial charge in [0.05, 0.1) is 11.3 Å². The zero-order valence-electron chi connectivity index (χ0n) is 10.0. The van der Waals surface area contributed by atoms with Crippen LogP contribution in [0.2, 0.25) is 0 Å². The van der Waals surface area contributed by atoms with Crippen LogP contribution in [0.1, 0.15) is 24.0 Å². The van der Waals surface area contributed by atoms with Crippen LogP contribution in [-0.2, 0) is 0 Å². The van der Waals surface area contributed by atoms with Crippen molar-refractivity contribution in [3.8, 4) is 6.07 Å². The maximum Gasteiger partial charge on any atom is 0.101 e. The molecule has 2 nitrogen and oxygen atoms in total. The molecule has 0 radical (unpaired) electrons. The van der Waals surface area contributed by atoms with Gasteiger partial charge in [0, 0.05) is 13.6 Å². The zero-order valence-corrected chi connectivity index (χ0v) is 10.0. The third-order valence-electron chi connectivity index (χ3n) is 2.59. The van der Waals surface area contributed by atoms with Gasteiger partial charge < -0.3 is 4.90 Å². The molecular weight excluding hydrogens is 196 g/mol. The Bertz CT molecular complexity index is 402. The van der Waals surface area contributed by atoms with Crippen LogP contribution in [-0.4, -0.2) is 13.6 Å². The van der Waals surface area contributed by atoms with Crippen molar-refractivity contribution < 1.29 is 0 Å². The maximum atomic E-state index is 9.07. The first-order valence-electron chi connectivity index (χ1n) is 5.52. The van der Waals surface area contributed by atoms with Crippen molar-refractivity contribution in [2.45, 2.75) is 19.8 Å². The van der Waals surface area contributed by atoms with Crippen LogP contribution >= 0.6 is 0 Å². The summed E-state index contributed by atoms with van der Waals surface area (Å²) in [6.07, 6.45) is 4.00. The number of aryl methyl sites for hydroxylation is 1. The van der Waals surface area contributed by atoms with Crippen molar-refractivity contribution in [2.75, 3.05) is 18.5 Å². The monoisotopic (exact) mass is 214 g/mol. The van der Waals surface area contributed by atoms with Crippen LogP contribution in [0.5, 0.6) is 0 Å². The molecule has 16 heavy (non-hydrogen) atoms. The van der Waals surface area contributed by atoms with E-state index in [9.17, 15) is 0 Å². The molecule has 84 valence electrons. The Hall–Kier alpha value is -1.75. The van der Waals surface area contributed by atoms with Crippen molar-refractivity contribution in [3.63, 3.8) is 0 Å². The van der Waals surface area contributed by atoms with Gasteiger partial charge in [0.15, 0.2) is 0 Å². The Labute approximate surface area is 97.8 Å². The quantitative estimate of drug-likeness (QED) is 0.555. The van der Waals surface area contributed by atoms with Crippen LogP contribution in [0, 0.1) is 18.3 Å². The van der Waals surface area contributed by atoms with Crippen molar-refractivity contribution >= 4 is 5.69 Å². The number of benzene rings is 1. The van der Waals surface area contributed by atoms with Crippen LogP contribution in [0.25, 0.3) is 0 Å². The lowest BCUT2D eigenvalue weighted by Gasteiger charge is -2.20. The van der Waals surface area contributed by atoms with E-state index in [-0.39, 0.29) is 0 Å². The third kappa shape index (κ3) is 3.13. The fourth-order valence-corrected chi connectivity index (χ4v) is 1.67. The van der Waals surface area contributed by atoms with Crippen LogP contribution < -0.4 is 4.90 Å². The maximum absolute atomic E-state index is 9.07. The number of nitrogens with zero attached hydrogens (tertiary/aromatic N) is 2. The minimum atomic E-state index is 0.751. The molecule has 0 unspecified atom stereocenters. The first-order chi connectivity index (χ1) is 7.69. The second-order valence-corrected chi connectivity index (χ2v) is 3.98. The van der Waals surface area contributed by atoms with Gasteiger partial charge in [0.2, 0.25) is 0 Å². The average Bonchev–Trinajstić information content (AvgIpc) is 2.29. The molecule has 0 bridgehead atoms. The molecule has 0 atom stereocenters. The second kappa shape index (κ2) is 5.97. The number of hydrogen-bond donors (Lipinski definition) is 0. The van der Waals surface area contributed by atoms with Gasteiger partial charge >= 0.3 is 0 Å². The normalized spacial score (nSPS) is 9.56. The summed E-state index contributed by atoms with van der Waals surface area (Å²) in [6, 6.07) is 8.23. The highest BCUT2D eigenvalue weighted by molar-refractivity contribution is 5.59. The van der Waals surface area contributed by atoms with E-state index in [0.717, 1.165) is 36.2 Å². The van der Waals surface area contributed by atoms with E-state index >= 15 is 0 Å². The van der Waals surface area contributed by atoms with Gasteiger partial charge in [-0.15, -0.1) is 6.58 Å². The van der Waals surface area contributed by atoms with Gasteiger partial charge in [-0.1, -0.05) is 12.1 Å². The Morgan fingerprint density at radius 1 is 1.50 bits per heavy atom. The number of rotatable bonds is 5. The van der Waals surface area contributed by atoms with Gasteiger partial charge in [0.1, 0.15) is 6.07 Å². The smallest absolute Gasteiger partial charge is 0.101 e. The first kappa shape index (κ1) is 12.3. The number of unbranched alkanes of at least 4 members (excludes halogenated alkanes) is 1. The van der Waals surface area contributed by atoms with Gasteiger partial charge in [0.25, 0.3) is 0 Å². The molecule has 0 N–H and O–H groups in total. The molecule has 0 aromatic heterocycles. The van der Waals surface area contributed by atoms with Gasteiger partial charge in [-0.05, 0) is 37.5 Å². The topological polar surface area (TPSA) is 27.0 Å². The fraction of sp³-hybridized carbons (Fsp3) is 0.357. The Morgan fingerprint density at radius 2 is 2.25 bits per heavy atom. The molecule has 1 aromatic carbocycles. The number of hydrogen-bond acceptors (Lipinski definition) is 2. The van der Waals surface area contributed by atoms with Gasteiger partial charge in [-0.3, -0.25) is 0 Å². The molecule has 1 aromatic rings. The minimum Gasteiger partial charge on any atom is -0.374 e. The highest BCUT2D eigenvalue weighted by Crippen LogP contribution is 2.20. The molecule has 0 spiro atoms. The molecule has 0 fully saturated rings. The lowest BCUT2D eigenvalue weighted by atomic mass is 10.1. The standard InChI is InChI=1S/C14H18N2/c1-4-5-6-9-16(3)14-8-7-12(2)10-13(14)11-15/h4,7-8,10H,1,5-6,9H2,2-3H3. The summed E-state index contributed by atoms with van der Waals surface area (Å²) in [6.45, 7) is 6.66. The molecule has 1 rings (SSSR count). The van der Waals surface area contributed by atoms with Gasteiger partial charge in [-0.25, -0.2) is 0 Å². The molecular formula is C14H18N2. The van der Waals surface area contributed by atoms with Crippen LogP contribution in [0.3, 0.4) is 0 Å². The first-order valence-corrected chi connectivity index (χ1v) is 5.52. The predicted molar refractivity (Wildman–Crippen MR) is 68.6 cm³/mol.